The molecule has 0 aromatic heterocycles. The highest BCUT2D eigenvalue weighted by Crippen LogP contribution is 2.55. The first-order chi connectivity index (χ1) is 12.1. The van der Waals surface area contributed by atoms with Crippen molar-refractivity contribution in [2.24, 2.45) is 5.41 Å². The van der Waals surface area contributed by atoms with Gasteiger partial charge in [0.15, 0.2) is 0 Å². The highest BCUT2D eigenvalue weighted by atomic mass is 28.3. The lowest BCUT2D eigenvalue weighted by atomic mass is 9.72. The van der Waals surface area contributed by atoms with E-state index in [9.17, 15) is 5.11 Å². The number of ether oxygens (including phenoxy) is 1. The van der Waals surface area contributed by atoms with Crippen LogP contribution >= 0.6 is 0 Å². The van der Waals surface area contributed by atoms with Gasteiger partial charge in [0.25, 0.3) is 0 Å². The monoisotopic (exact) mass is 370 g/mol. The van der Waals surface area contributed by atoms with Gasteiger partial charge in [0.2, 0.25) is 0 Å². The van der Waals surface area contributed by atoms with Crippen LogP contribution < -0.4 is 4.74 Å². The average Bonchev–Trinajstić information content (AvgIpc) is 2.87. The zero-order valence-electron chi connectivity index (χ0n) is 17.3. The van der Waals surface area contributed by atoms with Crippen molar-refractivity contribution in [2.45, 2.75) is 71.7 Å². The minimum absolute atomic E-state index is 0.165. The van der Waals surface area contributed by atoms with E-state index in [1.807, 2.05) is 6.07 Å². The number of aliphatic hydroxyl groups excluding tert-OH is 1. The quantitative estimate of drug-likeness (QED) is 0.675. The van der Waals surface area contributed by atoms with Gasteiger partial charge in [0.1, 0.15) is 5.75 Å². The highest BCUT2D eigenvalue weighted by molar-refractivity contribution is 6.83. The Balaban J connectivity index is 1.95. The van der Waals surface area contributed by atoms with E-state index in [1.54, 1.807) is 12.3 Å². The van der Waals surface area contributed by atoms with Crippen molar-refractivity contribution in [1.29, 1.82) is 0 Å². The standard InChI is InChI=1S/C23H34O2Si/c1-16-20(11-10-17-8-7-9-19(12-17)25-3)21-13-18(24)14-23(21,2)15-22(16)26(4,5)6/h7-9,12,18,24H,10-11,13-15H2,1-6H3/t18-,23+/m0/s1. The molecule has 1 N–H and O–H groups in total. The second-order valence-corrected chi connectivity index (χ2v) is 14.6. The number of aliphatic hydroxyl groups is 1. The zero-order valence-corrected chi connectivity index (χ0v) is 18.3. The van der Waals surface area contributed by atoms with Gasteiger partial charge in [-0.15, -0.1) is 0 Å². The summed E-state index contributed by atoms with van der Waals surface area (Å²) in [7, 11) is 0.356. The summed E-state index contributed by atoms with van der Waals surface area (Å²) in [5.74, 6) is 0.931. The first kappa shape index (κ1) is 19.4. The van der Waals surface area contributed by atoms with E-state index in [-0.39, 0.29) is 11.5 Å². The van der Waals surface area contributed by atoms with E-state index >= 15 is 0 Å². The van der Waals surface area contributed by atoms with Gasteiger partial charge in [0.05, 0.1) is 21.3 Å². The summed E-state index contributed by atoms with van der Waals surface area (Å²) in [6.07, 6.45) is 4.86. The number of allylic oxidation sites excluding steroid dienone is 3. The molecule has 0 radical (unpaired) electrons. The van der Waals surface area contributed by atoms with Crippen LogP contribution in [-0.2, 0) is 6.42 Å². The molecule has 1 aromatic rings. The van der Waals surface area contributed by atoms with Crippen molar-refractivity contribution in [3.05, 3.63) is 51.7 Å². The summed E-state index contributed by atoms with van der Waals surface area (Å²) < 4.78 is 5.38. The van der Waals surface area contributed by atoms with Gasteiger partial charge in [-0.2, -0.15) is 0 Å². The van der Waals surface area contributed by atoms with E-state index in [1.165, 1.54) is 22.3 Å². The molecule has 0 heterocycles. The van der Waals surface area contributed by atoms with Gasteiger partial charge in [-0.05, 0) is 67.7 Å². The first-order valence-electron chi connectivity index (χ1n) is 9.88. The number of rotatable bonds is 5. The molecule has 1 fully saturated rings. The fraction of sp³-hybridized carbons (Fsp3) is 0.565. The van der Waals surface area contributed by atoms with Crippen LogP contribution in [0.15, 0.2) is 46.2 Å². The van der Waals surface area contributed by atoms with Crippen molar-refractivity contribution in [2.75, 3.05) is 7.11 Å². The number of methoxy groups -OCH3 is 1. The second kappa shape index (κ2) is 7.01. The van der Waals surface area contributed by atoms with Gasteiger partial charge in [-0.25, -0.2) is 0 Å². The van der Waals surface area contributed by atoms with E-state index in [0.29, 0.717) is 0 Å². The van der Waals surface area contributed by atoms with Crippen molar-refractivity contribution in [1.82, 2.24) is 0 Å². The molecule has 0 bridgehead atoms. The molecule has 0 unspecified atom stereocenters. The molecule has 3 rings (SSSR count). The van der Waals surface area contributed by atoms with Gasteiger partial charge in [0, 0.05) is 0 Å². The molecular weight excluding hydrogens is 336 g/mol. The summed E-state index contributed by atoms with van der Waals surface area (Å²) in [6, 6.07) is 8.42. The lowest BCUT2D eigenvalue weighted by Crippen LogP contribution is -2.33. The van der Waals surface area contributed by atoms with Crippen LogP contribution in [0.5, 0.6) is 5.75 Å². The Morgan fingerprint density at radius 2 is 1.96 bits per heavy atom. The van der Waals surface area contributed by atoms with Gasteiger partial charge < -0.3 is 9.84 Å². The third-order valence-corrected chi connectivity index (χ3v) is 8.76. The minimum atomic E-state index is -1.37. The van der Waals surface area contributed by atoms with E-state index < -0.39 is 8.07 Å². The predicted molar refractivity (Wildman–Crippen MR) is 112 cm³/mol. The topological polar surface area (TPSA) is 29.5 Å². The van der Waals surface area contributed by atoms with Crippen molar-refractivity contribution < 1.29 is 9.84 Å². The first-order valence-corrected chi connectivity index (χ1v) is 13.4. The smallest absolute Gasteiger partial charge is 0.119 e. The SMILES string of the molecule is COc1cccc(CCC2=C3C[C@H](O)C[C@]3(C)CC([Si](C)(C)C)=C2C)c1. The molecule has 0 aliphatic heterocycles. The van der Waals surface area contributed by atoms with Crippen molar-refractivity contribution in [3.63, 3.8) is 0 Å². The number of fused-ring (bicyclic) bond motifs is 1. The molecule has 0 amide bonds. The second-order valence-electron chi connectivity index (χ2n) is 9.46. The molecular formula is C23H34O2Si. The maximum Gasteiger partial charge on any atom is 0.119 e. The summed E-state index contributed by atoms with van der Waals surface area (Å²) in [4.78, 5) is 0. The largest absolute Gasteiger partial charge is 0.497 e. The molecule has 0 saturated heterocycles. The lowest BCUT2D eigenvalue weighted by molar-refractivity contribution is 0.164. The van der Waals surface area contributed by atoms with Crippen molar-refractivity contribution in [3.8, 4) is 5.75 Å². The molecule has 2 aliphatic rings. The summed E-state index contributed by atoms with van der Waals surface area (Å²) in [5.41, 5.74) is 6.10. The molecule has 3 heteroatoms. The van der Waals surface area contributed by atoms with Crippen LogP contribution in [0.2, 0.25) is 19.6 Å². The Morgan fingerprint density at radius 3 is 2.62 bits per heavy atom. The maximum absolute atomic E-state index is 10.4. The van der Waals surface area contributed by atoms with Crippen LogP contribution in [0.3, 0.4) is 0 Å². The van der Waals surface area contributed by atoms with Crippen molar-refractivity contribution >= 4 is 8.07 Å². The molecule has 1 aromatic carbocycles. The van der Waals surface area contributed by atoms with E-state index in [2.05, 4.69) is 51.7 Å². The third kappa shape index (κ3) is 3.70. The minimum Gasteiger partial charge on any atom is -0.497 e. The fourth-order valence-electron chi connectivity index (χ4n) is 5.06. The maximum atomic E-state index is 10.4. The number of benzene rings is 1. The normalized spacial score (nSPS) is 26.3. The van der Waals surface area contributed by atoms with Gasteiger partial charge in [-0.3, -0.25) is 0 Å². The number of aryl methyl sites for hydroxylation is 1. The number of hydrogen-bond donors (Lipinski definition) is 1. The van der Waals surface area contributed by atoms with Gasteiger partial charge in [-0.1, -0.05) is 55.0 Å². The van der Waals surface area contributed by atoms with Crippen LogP contribution in [0.1, 0.15) is 45.1 Å². The highest BCUT2D eigenvalue weighted by Gasteiger charge is 2.45. The third-order valence-electron chi connectivity index (χ3n) is 6.39. The lowest BCUT2D eigenvalue weighted by Gasteiger charge is -2.40. The Kier molecular flexibility index (Phi) is 5.24. The van der Waals surface area contributed by atoms with Crippen LogP contribution in [0.4, 0.5) is 0 Å². The van der Waals surface area contributed by atoms with Crippen LogP contribution in [0.25, 0.3) is 0 Å². The zero-order chi connectivity index (χ0) is 19.1. The molecule has 1 saturated carbocycles. The molecule has 2 atom stereocenters. The Morgan fingerprint density at radius 1 is 1.23 bits per heavy atom. The molecule has 2 nitrogen and oxygen atoms in total. The Hall–Kier alpha value is -1.32. The van der Waals surface area contributed by atoms with E-state index in [4.69, 9.17) is 4.74 Å². The van der Waals surface area contributed by atoms with Crippen LogP contribution in [0, 0.1) is 5.41 Å². The fourth-order valence-corrected chi connectivity index (χ4v) is 7.25. The Labute approximate surface area is 160 Å². The average molecular weight is 371 g/mol. The summed E-state index contributed by atoms with van der Waals surface area (Å²) in [6.45, 7) is 12.1. The predicted octanol–water partition coefficient (Wildman–Crippen LogP) is 5.68. The molecule has 26 heavy (non-hydrogen) atoms. The number of hydrogen-bond acceptors (Lipinski definition) is 2. The molecule has 0 spiro atoms. The van der Waals surface area contributed by atoms with Crippen LogP contribution in [-0.4, -0.2) is 26.4 Å². The van der Waals surface area contributed by atoms with E-state index in [0.717, 1.165) is 37.9 Å². The molecule has 2 aliphatic carbocycles. The Bertz CT molecular complexity index is 754. The molecule has 142 valence electrons. The summed E-state index contributed by atoms with van der Waals surface area (Å²) in [5, 5.41) is 12.1. The van der Waals surface area contributed by atoms with Gasteiger partial charge >= 0.3 is 0 Å². The summed E-state index contributed by atoms with van der Waals surface area (Å²) >= 11 is 0.